The maximum atomic E-state index is 11.0. The minimum absolute atomic E-state index is 0.486. The average Bonchev–Trinajstić information content (AvgIpc) is 3.30. The lowest BCUT2D eigenvalue weighted by atomic mass is 9.98. The Morgan fingerprint density at radius 1 is 1.18 bits per heavy atom. The summed E-state index contributed by atoms with van der Waals surface area (Å²) in [6, 6.07) is 12.4. The molecule has 5 nitrogen and oxygen atoms in total. The van der Waals surface area contributed by atoms with Crippen molar-refractivity contribution in [3.63, 3.8) is 0 Å². The van der Waals surface area contributed by atoms with Gasteiger partial charge in [0, 0.05) is 36.0 Å². The second kappa shape index (κ2) is 6.90. The standard InChI is InChI=1S/C23H27N3O2/c1-15-5-10-20-23(24-15)22-18-4-3-12-25(18)13-11-19(22)26(20)14-21(27)16-6-8-17(28-2)9-7-16/h5-10,18,21,27H,3-4,11-14H2,1-2H3. The SMILES string of the molecule is COc1ccc(C(O)Cn2c3c(c4nc(C)ccc42)C2CCCN2CC3)cc1. The number of ether oxygens (including phenoxy) is 1. The molecule has 1 saturated heterocycles. The van der Waals surface area contributed by atoms with Crippen LogP contribution in [0.2, 0.25) is 0 Å². The van der Waals surface area contributed by atoms with Gasteiger partial charge in [0.1, 0.15) is 5.75 Å². The van der Waals surface area contributed by atoms with Crippen LogP contribution in [0.25, 0.3) is 11.0 Å². The van der Waals surface area contributed by atoms with Crippen LogP contribution in [0.5, 0.6) is 5.75 Å². The summed E-state index contributed by atoms with van der Waals surface area (Å²) in [4.78, 5) is 7.53. The number of pyridine rings is 1. The van der Waals surface area contributed by atoms with E-state index in [2.05, 4.69) is 28.5 Å². The molecule has 0 spiro atoms. The smallest absolute Gasteiger partial charge is 0.118 e. The molecule has 5 heteroatoms. The molecule has 2 aliphatic rings. The largest absolute Gasteiger partial charge is 0.497 e. The van der Waals surface area contributed by atoms with Crippen molar-refractivity contribution >= 4 is 11.0 Å². The molecule has 1 N–H and O–H groups in total. The Balaban J connectivity index is 1.57. The van der Waals surface area contributed by atoms with Crippen molar-refractivity contribution in [2.24, 2.45) is 0 Å². The Hall–Kier alpha value is -2.37. The monoisotopic (exact) mass is 377 g/mol. The Labute approximate surface area is 165 Å². The molecule has 0 saturated carbocycles. The zero-order valence-corrected chi connectivity index (χ0v) is 16.6. The van der Waals surface area contributed by atoms with E-state index in [0.29, 0.717) is 12.6 Å². The van der Waals surface area contributed by atoms with Crippen molar-refractivity contribution in [3.05, 3.63) is 58.9 Å². The van der Waals surface area contributed by atoms with E-state index in [4.69, 9.17) is 9.72 Å². The highest BCUT2D eigenvalue weighted by atomic mass is 16.5. The number of aryl methyl sites for hydroxylation is 1. The zero-order chi connectivity index (χ0) is 19.3. The molecule has 4 heterocycles. The summed E-state index contributed by atoms with van der Waals surface area (Å²) in [7, 11) is 1.66. The third kappa shape index (κ3) is 2.81. The first kappa shape index (κ1) is 17.7. The third-order valence-electron chi connectivity index (χ3n) is 6.38. The Bertz CT molecular complexity index is 1010. The summed E-state index contributed by atoms with van der Waals surface area (Å²) >= 11 is 0. The van der Waals surface area contributed by atoms with Gasteiger partial charge in [0.15, 0.2) is 0 Å². The van der Waals surface area contributed by atoms with Gasteiger partial charge in [-0.15, -0.1) is 0 Å². The number of aliphatic hydroxyl groups excluding tert-OH is 1. The van der Waals surface area contributed by atoms with Crippen molar-refractivity contribution in [1.82, 2.24) is 14.5 Å². The van der Waals surface area contributed by atoms with E-state index in [9.17, 15) is 5.11 Å². The van der Waals surface area contributed by atoms with Crippen LogP contribution >= 0.6 is 0 Å². The quantitative estimate of drug-likeness (QED) is 0.752. The van der Waals surface area contributed by atoms with Gasteiger partial charge in [-0.2, -0.15) is 0 Å². The minimum Gasteiger partial charge on any atom is -0.497 e. The van der Waals surface area contributed by atoms with Crippen LogP contribution in [-0.2, 0) is 13.0 Å². The van der Waals surface area contributed by atoms with E-state index in [0.717, 1.165) is 41.0 Å². The molecule has 2 unspecified atom stereocenters. The summed E-state index contributed by atoms with van der Waals surface area (Å²) < 4.78 is 7.56. The van der Waals surface area contributed by atoms with E-state index in [1.165, 1.54) is 30.6 Å². The van der Waals surface area contributed by atoms with Crippen LogP contribution in [0, 0.1) is 6.92 Å². The maximum Gasteiger partial charge on any atom is 0.118 e. The number of hydrogen-bond acceptors (Lipinski definition) is 4. The fourth-order valence-electron chi connectivity index (χ4n) is 5.00. The summed E-state index contributed by atoms with van der Waals surface area (Å²) in [6.45, 7) is 4.91. The molecule has 3 aromatic rings. The van der Waals surface area contributed by atoms with E-state index in [1.807, 2.05) is 24.3 Å². The number of aromatic nitrogens is 2. The first-order valence-corrected chi connectivity index (χ1v) is 10.2. The number of nitrogens with zero attached hydrogens (tertiary/aromatic N) is 3. The first-order valence-electron chi connectivity index (χ1n) is 10.2. The number of methoxy groups -OCH3 is 1. The van der Waals surface area contributed by atoms with Crippen LogP contribution < -0.4 is 4.74 Å². The summed E-state index contributed by atoms with van der Waals surface area (Å²) in [5.41, 5.74) is 7.02. The molecule has 5 rings (SSSR count). The van der Waals surface area contributed by atoms with Gasteiger partial charge in [-0.3, -0.25) is 9.88 Å². The molecule has 1 aromatic carbocycles. The van der Waals surface area contributed by atoms with E-state index >= 15 is 0 Å². The predicted molar refractivity (Wildman–Crippen MR) is 110 cm³/mol. The number of benzene rings is 1. The van der Waals surface area contributed by atoms with Gasteiger partial charge in [0.2, 0.25) is 0 Å². The Morgan fingerprint density at radius 3 is 2.79 bits per heavy atom. The number of aliphatic hydroxyl groups is 1. The third-order valence-corrected chi connectivity index (χ3v) is 6.38. The van der Waals surface area contributed by atoms with E-state index in [1.54, 1.807) is 7.11 Å². The molecule has 0 bridgehead atoms. The summed E-state index contributed by atoms with van der Waals surface area (Å²) in [5, 5.41) is 11.0. The highest BCUT2D eigenvalue weighted by Gasteiger charge is 2.36. The molecule has 1 fully saturated rings. The van der Waals surface area contributed by atoms with Gasteiger partial charge < -0.3 is 14.4 Å². The Kier molecular flexibility index (Phi) is 4.37. The lowest BCUT2D eigenvalue weighted by molar-refractivity contribution is 0.155. The van der Waals surface area contributed by atoms with Crippen molar-refractivity contribution in [2.75, 3.05) is 20.2 Å². The highest BCUT2D eigenvalue weighted by Crippen LogP contribution is 2.42. The molecule has 2 atom stereocenters. The zero-order valence-electron chi connectivity index (χ0n) is 16.6. The van der Waals surface area contributed by atoms with Crippen LogP contribution in [0.1, 0.15) is 47.5 Å². The predicted octanol–water partition coefficient (Wildman–Crippen LogP) is 3.78. The van der Waals surface area contributed by atoms with Crippen LogP contribution in [0.3, 0.4) is 0 Å². The number of hydrogen-bond donors (Lipinski definition) is 1. The van der Waals surface area contributed by atoms with Gasteiger partial charge in [0.05, 0.1) is 30.8 Å². The minimum atomic E-state index is -0.562. The molecule has 28 heavy (non-hydrogen) atoms. The van der Waals surface area contributed by atoms with Crippen molar-refractivity contribution in [3.8, 4) is 5.75 Å². The fraction of sp³-hybridized carbons (Fsp3) is 0.435. The fourth-order valence-corrected chi connectivity index (χ4v) is 5.00. The second-order valence-corrected chi connectivity index (χ2v) is 8.02. The molecule has 146 valence electrons. The molecule has 0 aliphatic carbocycles. The number of fused-ring (bicyclic) bond motifs is 5. The lowest BCUT2D eigenvalue weighted by Crippen LogP contribution is -2.31. The summed E-state index contributed by atoms with van der Waals surface area (Å²) in [5.74, 6) is 0.806. The lowest BCUT2D eigenvalue weighted by Gasteiger charge is -2.31. The molecule has 0 radical (unpaired) electrons. The van der Waals surface area contributed by atoms with Gasteiger partial charge >= 0.3 is 0 Å². The van der Waals surface area contributed by atoms with Gasteiger partial charge in [-0.25, -0.2) is 0 Å². The Morgan fingerprint density at radius 2 is 2.00 bits per heavy atom. The maximum absolute atomic E-state index is 11.0. The van der Waals surface area contributed by atoms with Crippen LogP contribution in [0.4, 0.5) is 0 Å². The van der Waals surface area contributed by atoms with Crippen LogP contribution in [-0.4, -0.2) is 39.8 Å². The average molecular weight is 377 g/mol. The van der Waals surface area contributed by atoms with Gasteiger partial charge in [-0.1, -0.05) is 12.1 Å². The van der Waals surface area contributed by atoms with E-state index < -0.39 is 6.10 Å². The van der Waals surface area contributed by atoms with Crippen LogP contribution in [0.15, 0.2) is 36.4 Å². The second-order valence-electron chi connectivity index (χ2n) is 8.02. The van der Waals surface area contributed by atoms with Crippen molar-refractivity contribution in [2.45, 2.75) is 44.9 Å². The topological polar surface area (TPSA) is 50.5 Å². The van der Waals surface area contributed by atoms with Gasteiger partial charge in [-0.05, 0) is 56.1 Å². The molecule has 2 aliphatic heterocycles. The van der Waals surface area contributed by atoms with Crippen molar-refractivity contribution in [1.29, 1.82) is 0 Å². The molecular weight excluding hydrogens is 350 g/mol. The first-order chi connectivity index (χ1) is 13.7. The molecule has 2 aromatic heterocycles. The van der Waals surface area contributed by atoms with E-state index in [-0.39, 0.29) is 0 Å². The normalized spacial score (nSPS) is 20.2. The molecule has 0 amide bonds. The highest BCUT2D eigenvalue weighted by molar-refractivity contribution is 5.83. The number of rotatable bonds is 4. The summed E-state index contributed by atoms with van der Waals surface area (Å²) in [6.07, 6.45) is 2.93. The van der Waals surface area contributed by atoms with Gasteiger partial charge in [0.25, 0.3) is 0 Å². The molecular formula is C23H27N3O2. The van der Waals surface area contributed by atoms with Crippen molar-refractivity contribution < 1.29 is 9.84 Å².